The van der Waals surface area contributed by atoms with Gasteiger partial charge in [-0.25, -0.2) is 13.4 Å². The molecular formula is C24H23N5O7S2. The lowest BCUT2D eigenvalue weighted by Crippen LogP contribution is -2.33. The second-order valence-corrected chi connectivity index (χ2v) is 12.0. The maximum Gasteiger partial charge on any atom is 0.269 e. The first-order valence-electron chi connectivity index (χ1n) is 11.4. The second-order valence-electron chi connectivity index (χ2n) is 8.80. The number of hydrogen-bond donors (Lipinski definition) is 2. The van der Waals surface area contributed by atoms with Crippen LogP contribution in [0.3, 0.4) is 0 Å². The van der Waals surface area contributed by atoms with Crippen LogP contribution in [0.4, 0.5) is 16.5 Å². The van der Waals surface area contributed by atoms with Gasteiger partial charge in [0.15, 0.2) is 5.13 Å². The predicted octanol–water partition coefficient (Wildman–Crippen LogP) is 3.33. The van der Waals surface area contributed by atoms with Gasteiger partial charge >= 0.3 is 0 Å². The van der Waals surface area contributed by atoms with E-state index in [-0.39, 0.29) is 49.8 Å². The van der Waals surface area contributed by atoms with E-state index >= 15 is 0 Å². The Balaban J connectivity index is 1.37. The number of amides is 3. The third kappa shape index (κ3) is 5.70. The molecule has 0 saturated carbocycles. The summed E-state index contributed by atoms with van der Waals surface area (Å²) >= 11 is 0.743. The molecule has 1 fully saturated rings. The third-order valence-electron chi connectivity index (χ3n) is 5.89. The molecule has 1 aliphatic rings. The highest BCUT2D eigenvalue weighted by Gasteiger charge is 2.35. The molecule has 1 saturated heterocycles. The molecule has 2 heterocycles. The number of likely N-dealkylation sites (tertiary alicyclic amines) is 1. The van der Waals surface area contributed by atoms with E-state index in [1.54, 1.807) is 17.0 Å². The zero-order valence-electron chi connectivity index (χ0n) is 20.3. The minimum atomic E-state index is -3.98. The summed E-state index contributed by atoms with van der Waals surface area (Å²) in [6.07, 6.45) is 1.25. The van der Waals surface area contributed by atoms with E-state index < -0.39 is 26.6 Å². The maximum atomic E-state index is 12.8. The van der Waals surface area contributed by atoms with E-state index in [1.165, 1.54) is 12.1 Å². The standard InChI is InChI=1S/C24H23N5O7S2/c1-14(2)28-13-16(11-20(28)30)23(32)26-17-5-3-15(4-6-17)22(31)27-24-25-12-21(37-24)38(35,36)19-9-7-18(8-10-19)29(33)34/h3-10,12,14,16H,11,13H2,1-2H3,(H,26,32)(H,25,27,31). The van der Waals surface area contributed by atoms with Crippen LogP contribution in [0.15, 0.2) is 63.8 Å². The van der Waals surface area contributed by atoms with E-state index in [9.17, 15) is 32.9 Å². The number of anilines is 2. The monoisotopic (exact) mass is 557 g/mol. The summed E-state index contributed by atoms with van der Waals surface area (Å²) in [4.78, 5) is 52.9. The number of hydrogen-bond acceptors (Lipinski definition) is 9. The topological polar surface area (TPSA) is 169 Å². The van der Waals surface area contributed by atoms with Gasteiger partial charge in [-0.05, 0) is 50.2 Å². The maximum absolute atomic E-state index is 12.8. The normalized spacial score (nSPS) is 15.5. The molecule has 0 bridgehead atoms. The molecule has 1 aromatic heterocycles. The van der Waals surface area contributed by atoms with Gasteiger partial charge in [-0.2, -0.15) is 0 Å². The first kappa shape index (κ1) is 26.9. The number of carbonyl (C=O) groups is 3. The van der Waals surface area contributed by atoms with Gasteiger partial charge in [0.05, 0.1) is 21.9 Å². The van der Waals surface area contributed by atoms with Gasteiger partial charge in [-0.1, -0.05) is 11.3 Å². The van der Waals surface area contributed by atoms with Crippen LogP contribution in [-0.2, 0) is 19.4 Å². The van der Waals surface area contributed by atoms with E-state index in [4.69, 9.17) is 0 Å². The molecule has 38 heavy (non-hydrogen) atoms. The Kier molecular flexibility index (Phi) is 7.55. The summed E-state index contributed by atoms with van der Waals surface area (Å²) in [5.74, 6) is -1.32. The molecule has 2 N–H and O–H groups in total. The first-order chi connectivity index (χ1) is 18.0. The fourth-order valence-electron chi connectivity index (χ4n) is 3.83. The highest BCUT2D eigenvalue weighted by Crippen LogP contribution is 2.30. The molecule has 0 spiro atoms. The van der Waals surface area contributed by atoms with Crippen molar-refractivity contribution in [3.63, 3.8) is 0 Å². The smallest absolute Gasteiger partial charge is 0.269 e. The van der Waals surface area contributed by atoms with Crippen molar-refractivity contribution in [2.45, 2.75) is 35.4 Å². The van der Waals surface area contributed by atoms with Crippen molar-refractivity contribution in [1.29, 1.82) is 0 Å². The molecule has 0 radical (unpaired) electrons. The minimum Gasteiger partial charge on any atom is -0.339 e. The summed E-state index contributed by atoms with van der Waals surface area (Å²) in [7, 11) is -3.98. The zero-order valence-corrected chi connectivity index (χ0v) is 21.9. The van der Waals surface area contributed by atoms with Gasteiger partial charge in [0.1, 0.15) is 4.21 Å². The fourth-order valence-corrected chi connectivity index (χ4v) is 6.26. The van der Waals surface area contributed by atoms with Crippen molar-refractivity contribution in [1.82, 2.24) is 9.88 Å². The van der Waals surface area contributed by atoms with Crippen molar-refractivity contribution in [2.75, 3.05) is 17.2 Å². The number of nitrogens with one attached hydrogen (secondary N) is 2. The Hall–Kier alpha value is -4.17. The van der Waals surface area contributed by atoms with E-state index in [1.807, 2.05) is 13.8 Å². The largest absolute Gasteiger partial charge is 0.339 e. The number of nitro groups is 1. The summed E-state index contributed by atoms with van der Waals surface area (Å²) in [5, 5.41) is 16.1. The molecule has 12 nitrogen and oxygen atoms in total. The Morgan fingerprint density at radius 2 is 1.76 bits per heavy atom. The molecule has 1 atom stereocenters. The highest BCUT2D eigenvalue weighted by atomic mass is 32.2. The lowest BCUT2D eigenvalue weighted by atomic mass is 10.1. The summed E-state index contributed by atoms with van der Waals surface area (Å²) in [6, 6.07) is 10.6. The van der Waals surface area contributed by atoms with Crippen LogP contribution in [-0.4, -0.2) is 53.5 Å². The Morgan fingerprint density at radius 1 is 1.11 bits per heavy atom. The second kappa shape index (κ2) is 10.7. The first-order valence-corrected chi connectivity index (χ1v) is 13.7. The van der Waals surface area contributed by atoms with Gasteiger partial charge in [-0.15, -0.1) is 0 Å². The van der Waals surface area contributed by atoms with Crippen LogP contribution >= 0.6 is 11.3 Å². The lowest BCUT2D eigenvalue weighted by molar-refractivity contribution is -0.384. The van der Waals surface area contributed by atoms with E-state index in [0.717, 1.165) is 41.8 Å². The Morgan fingerprint density at radius 3 is 2.34 bits per heavy atom. The lowest BCUT2D eigenvalue weighted by Gasteiger charge is -2.20. The van der Waals surface area contributed by atoms with Crippen LogP contribution in [0.5, 0.6) is 0 Å². The number of nitrogens with zero attached hydrogens (tertiary/aromatic N) is 3. The van der Waals surface area contributed by atoms with Crippen molar-refractivity contribution in [3.8, 4) is 0 Å². The van der Waals surface area contributed by atoms with Gasteiger partial charge in [-0.3, -0.25) is 29.8 Å². The summed E-state index contributed by atoms with van der Waals surface area (Å²) in [6.45, 7) is 4.15. The fraction of sp³-hybridized carbons (Fsp3) is 0.250. The highest BCUT2D eigenvalue weighted by molar-refractivity contribution is 7.93. The number of sulfone groups is 1. The van der Waals surface area contributed by atoms with E-state index in [0.29, 0.717) is 12.2 Å². The molecular weight excluding hydrogens is 534 g/mol. The third-order valence-corrected chi connectivity index (χ3v) is 9.04. The molecule has 2 aromatic carbocycles. The molecule has 1 unspecified atom stereocenters. The Bertz CT molecular complexity index is 1500. The van der Waals surface area contributed by atoms with Crippen molar-refractivity contribution < 1.29 is 27.7 Å². The number of thiazole rings is 1. The Labute approximate surface area is 221 Å². The number of non-ortho nitro benzene ring substituents is 1. The van der Waals surface area contributed by atoms with Crippen LogP contribution in [0, 0.1) is 16.0 Å². The SMILES string of the molecule is CC(C)N1CC(C(=O)Nc2ccc(C(=O)Nc3ncc(S(=O)(=O)c4ccc([N+](=O)[O-])cc4)s3)cc2)CC1=O. The summed E-state index contributed by atoms with van der Waals surface area (Å²) in [5.41, 5.74) is 0.478. The molecule has 14 heteroatoms. The van der Waals surface area contributed by atoms with Crippen LogP contribution < -0.4 is 10.6 Å². The van der Waals surface area contributed by atoms with Gasteiger partial charge in [0.2, 0.25) is 21.7 Å². The molecule has 0 aliphatic carbocycles. The minimum absolute atomic E-state index is 0.0226. The predicted molar refractivity (Wildman–Crippen MR) is 139 cm³/mol. The average molecular weight is 558 g/mol. The van der Waals surface area contributed by atoms with Gasteiger partial charge in [0, 0.05) is 42.4 Å². The van der Waals surface area contributed by atoms with Crippen molar-refractivity contribution in [3.05, 3.63) is 70.4 Å². The van der Waals surface area contributed by atoms with Gasteiger partial charge < -0.3 is 10.2 Å². The molecule has 198 valence electrons. The van der Waals surface area contributed by atoms with Gasteiger partial charge in [0.25, 0.3) is 11.6 Å². The average Bonchev–Trinajstić information content (AvgIpc) is 3.51. The number of rotatable bonds is 8. The molecule has 4 rings (SSSR count). The molecule has 1 aliphatic heterocycles. The van der Waals surface area contributed by atoms with Crippen molar-refractivity contribution >= 4 is 55.4 Å². The molecule has 3 amide bonds. The number of aromatic nitrogens is 1. The zero-order chi connectivity index (χ0) is 27.6. The summed E-state index contributed by atoms with van der Waals surface area (Å²) < 4.78 is 25.5. The van der Waals surface area contributed by atoms with Crippen LogP contribution in [0.25, 0.3) is 0 Å². The van der Waals surface area contributed by atoms with Crippen LogP contribution in [0.2, 0.25) is 0 Å². The molecule has 3 aromatic rings. The van der Waals surface area contributed by atoms with Crippen LogP contribution in [0.1, 0.15) is 30.6 Å². The number of carbonyl (C=O) groups excluding carboxylic acids is 3. The van der Waals surface area contributed by atoms with E-state index in [2.05, 4.69) is 15.6 Å². The quantitative estimate of drug-likeness (QED) is 0.314. The van der Waals surface area contributed by atoms with Crippen molar-refractivity contribution in [2.24, 2.45) is 5.92 Å². The number of nitro benzene ring substituents is 1. The number of benzene rings is 2.